The van der Waals surface area contributed by atoms with Crippen molar-refractivity contribution in [2.45, 2.75) is 70.8 Å². The van der Waals surface area contributed by atoms with Gasteiger partial charge in [-0.1, -0.05) is 13.3 Å². The van der Waals surface area contributed by atoms with Crippen molar-refractivity contribution in [3.8, 4) is 0 Å². The molecule has 4 bridgehead atoms. The number of nitrogens with two attached hydrogens (primary N) is 1. The van der Waals surface area contributed by atoms with Gasteiger partial charge in [0.25, 0.3) is 0 Å². The molecule has 1 heteroatoms. The molecule has 0 aromatic carbocycles. The summed E-state index contributed by atoms with van der Waals surface area (Å²) >= 11 is 0. The maximum absolute atomic E-state index is 6.60. The fourth-order valence-electron chi connectivity index (χ4n) is 6.56. The van der Waals surface area contributed by atoms with E-state index >= 15 is 0 Å². The predicted molar refractivity (Wildman–Crippen MR) is 75.1 cm³/mol. The molecule has 5 saturated carbocycles. The minimum atomic E-state index is 0.519. The third kappa shape index (κ3) is 1.55. The molecular weight excluding hydrogens is 218 g/mol. The highest BCUT2D eigenvalue weighted by Gasteiger charge is 2.61. The van der Waals surface area contributed by atoms with Gasteiger partial charge < -0.3 is 5.73 Å². The van der Waals surface area contributed by atoms with Crippen LogP contribution in [-0.2, 0) is 0 Å². The number of rotatable bonds is 4. The van der Waals surface area contributed by atoms with Crippen LogP contribution < -0.4 is 5.73 Å². The zero-order valence-electron chi connectivity index (χ0n) is 11.9. The molecule has 5 fully saturated rings. The molecule has 1 unspecified atom stereocenters. The standard InChI is InChI=1S/C17H29N/c1-2-3-15(18)17(4-5-17)16-13-7-11-6-12(9-13)10-14(16)8-11/h11-16H,2-10,18H2,1H3. The van der Waals surface area contributed by atoms with E-state index in [0.717, 1.165) is 29.6 Å². The van der Waals surface area contributed by atoms with Gasteiger partial charge in [0.1, 0.15) is 0 Å². The zero-order valence-corrected chi connectivity index (χ0v) is 11.9. The van der Waals surface area contributed by atoms with E-state index in [1.54, 1.807) is 32.1 Å². The molecule has 102 valence electrons. The smallest absolute Gasteiger partial charge is 0.00983 e. The lowest BCUT2D eigenvalue weighted by Crippen LogP contribution is -2.52. The maximum Gasteiger partial charge on any atom is 0.00983 e. The first-order valence-corrected chi connectivity index (χ1v) is 8.48. The van der Waals surface area contributed by atoms with E-state index in [4.69, 9.17) is 5.73 Å². The Hall–Kier alpha value is -0.0400. The lowest BCUT2D eigenvalue weighted by Gasteiger charge is -2.57. The van der Waals surface area contributed by atoms with Gasteiger partial charge in [-0.15, -0.1) is 0 Å². The SMILES string of the molecule is CCCC(N)C1(C2C3CC4CC(C3)CC2C4)CC1. The number of hydrogen-bond acceptors (Lipinski definition) is 1. The highest BCUT2D eigenvalue weighted by molar-refractivity contribution is 5.12. The Kier molecular flexibility index (Phi) is 2.60. The summed E-state index contributed by atoms with van der Waals surface area (Å²) in [6.45, 7) is 2.30. The highest BCUT2D eigenvalue weighted by Crippen LogP contribution is 2.68. The molecule has 1 nitrogen and oxygen atoms in total. The Morgan fingerprint density at radius 3 is 2.00 bits per heavy atom. The second kappa shape index (κ2) is 3.98. The van der Waals surface area contributed by atoms with E-state index in [0.29, 0.717) is 11.5 Å². The summed E-state index contributed by atoms with van der Waals surface area (Å²) in [4.78, 5) is 0. The average molecular weight is 247 g/mol. The first kappa shape index (κ1) is 11.8. The van der Waals surface area contributed by atoms with Gasteiger partial charge in [0.15, 0.2) is 0 Å². The fraction of sp³-hybridized carbons (Fsp3) is 1.00. The van der Waals surface area contributed by atoms with E-state index in [1.165, 1.54) is 25.7 Å². The van der Waals surface area contributed by atoms with Crippen LogP contribution in [-0.4, -0.2) is 6.04 Å². The van der Waals surface area contributed by atoms with E-state index in [1.807, 2.05) is 0 Å². The Balaban J connectivity index is 1.58. The van der Waals surface area contributed by atoms with Crippen LogP contribution in [0.2, 0.25) is 0 Å². The second-order valence-electron chi connectivity index (χ2n) is 8.08. The van der Waals surface area contributed by atoms with Crippen LogP contribution in [0.1, 0.15) is 64.7 Å². The Labute approximate surface area is 112 Å². The van der Waals surface area contributed by atoms with Crippen LogP contribution in [0, 0.1) is 35.0 Å². The second-order valence-corrected chi connectivity index (χ2v) is 8.08. The van der Waals surface area contributed by atoms with Gasteiger partial charge in [-0.2, -0.15) is 0 Å². The molecule has 0 spiro atoms. The van der Waals surface area contributed by atoms with Crippen LogP contribution >= 0.6 is 0 Å². The van der Waals surface area contributed by atoms with Gasteiger partial charge in [0.2, 0.25) is 0 Å². The molecule has 0 amide bonds. The quantitative estimate of drug-likeness (QED) is 0.799. The minimum absolute atomic E-state index is 0.519. The fourth-order valence-corrected chi connectivity index (χ4v) is 6.56. The first-order chi connectivity index (χ1) is 8.73. The lowest BCUT2D eigenvalue weighted by atomic mass is 9.48. The van der Waals surface area contributed by atoms with Crippen LogP contribution in [0.5, 0.6) is 0 Å². The highest BCUT2D eigenvalue weighted by atomic mass is 14.8. The minimum Gasteiger partial charge on any atom is -0.327 e. The molecule has 0 aromatic rings. The summed E-state index contributed by atoms with van der Waals surface area (Å²) in [5, 5.41) is 0. The van der Waals surface area contributed by atoms with E-state index in [2.05, 4.69) is 6.92 Å². The van der Waals surface area contributed by atoms with Crippen LogP contribution in [0.3, 0.4) is 0 Å². The Morgan fingerprint density at radius 2 is 1.56 bits per heavy atom. The van der Waals surface area contributed by atoms with Crippen molar-refractivity contribution in [2.24, 2.45) is 40.7 Å². The molecule has 0 saturated heterocycles. The van der Waals surface area contributed by atoms with Gasteiger partial charge in [0, 0.05) is 6.04 Å². The van der Waals surface area contributed by atoms with Gasteiger partial charge >= 0.3 is 0 Å². The van der Waals surface area contributed by atoms with E-state index in [-0.39, 0.29) is 0 Å². The van der Waals surface area contributed by atoms with Gasteiger partial charge in [0.05, 0.1) is 0 Å². The summed E-state index contributed by atoms with van der Waals surface area (Å²) in [5.74, 6) is 5.41. The molecule has 0 aromatic heterocycles. The molecule has 0 aliphatic heterocycles. The molecule has 5 aliphatic rings. The largest absolute Gasteiger partial charge is 0.327 e. The summed E-state index contributed by atoms with van der Waals surface area (Å²) in [6, 6.07) is 0.519. The van der Waals surface area contributed by atoms with Gasteiger partial charge in [-0.05, 0) is 86.4 Å². The van der Waals surface area contributed by atoms with Crippen molar-refractivity contribution >= 4 is 0 Å². The van der Waals surface area contributed by atoms with Gasteiger partial charge in [-0.3, -0.25) is 0 Å². The van der Waals surface area contributed by atoms with Crippen molar-refractivity contribution in [3.63, 3.8) is 0 Å². The zero-order chi connectivity index (χ0) is 12.3. The predicted octanol–water partition coefficient (Wildman–Crippen LogP) is 3.97. The van der Waals surface area contributed by atoms with Crippen LogP contribution in [0.15, 0.2) is 0 Å². The molecule has 1 atom stereocenters. The molecule has 2 N–H and O–H groups in total. The third-order valence-corrected chi connectivity index (χ3v) is 7.06. The van der Waals surface area contributed by atoms with Crippen LogP contribution in [0.25, 0.3) is 0 Å². The monoisotopic (exact) mass is 247 g/mol. The van der Waals surface area contributed by atoms with Gasteiger partial charge in [-0.25, -0.2) is 0 Å². The molecule has 0 radical (unpaired) electrons. The Morgan fingerprint density at radius 1 is 1.00 bits per heavy atom. The molecule has 18 heavy (non-hydrogen) atoms. The molecule has 5 aliphatic carbocycles. The summed E-state index contributed by atoms with van der Waals surface area (Å²) in [6.07, 6.45) is 13.3. The van der Waals surface area contributed by atoms with E-state index in [9.17, 15) is 0 Å². The maximum atomic E-state index is 6.60. The first-order valence-electron chi connectivity index (χ1n) is 8.48. The Bertz CT molecular complexity index is 303. The van der Waals surface area contributed by atoms with Crippen molar-refractivity contribution in [3.05, 3.63) is 0 Å². The summed E-state index contributed by atoms with van der Waals surface area (Å²) in [7, 11) is 0. The summed E-state index contributed by atoms with van der Waals surface area (Å²) in [5.41, 5.74) is 7.21. The molecule has 0 heterocycles. The summed E-state index contributed by atoms with van der Waals surface area (Å²) < 4.78 is 0. The average Bonchev–Trinajstić information content (AvgIpc) is 3.09. The normalized spacial score (nSPS) is 49.3. The molecular formula is C17H29N. The topological polar surface area (TPSA) is 26.0 Å². The van der Waals surface area contributed by atoms with E-state index < -0.39 is 0 Å². The third-order valence-electron chi connectivity index (χ3n) is 7.06. The lowest BCUT2D eigenvalue weighted by molar-refractivity contribution is -0.0745. The van der Waals surface area contributed by atoms with Crippen molar-refractivity contribution < 1.29 is 0 Å². The number of hydrogen-bond donors (Lipinski definition) is 1. The van der Waals surface area contributed by atoms with Crippen molar-refractivity contribution in [2.75, 3.05) is 0 Å². The van der Waals surface area contributed by atoms with Crippen molar-refractivity contribution in [1.82, 2.24) is 0 Å². The van der Waals surface area contributed by atoms with Crippen molar-refractivity contribution in [1.29, 1.82) is 0 Å². The molecule has 5 rings (SSSR count). The van der Waals surface area contributed by atoms with Crippen LogP contribution in [0.4, 0.5) is 0 Å².